The van der Waals surface area contributed by atoms with Crippen LogP contribution >= 0.6 is 7.60 Å². The maximum absolute atomic E-state index is 14.5. The first kappa shape index (κ1) is 17.1. The zero-order valence-electron chi connectivity index (χ0n) is 11.9. The summed E-state index contributed by atoms with van der Waals surface area (Å²) in [5, 5.41) is 2.93. The summed E-state index contributed by atoms with van der Waals surface area (Å²) in [5.41, 5.74) is -3.55. The Balaban J connectivity index is 3.18. The van der Waals surface area contributed by atoms with Gasteiger partial charge < -0.3 is 14.4 Å². The Morgan fingerprint density at radius 2 is 1.80 bits per heavy atom. The average molecular weight is 307 g/mol. The van der Waals surface area contributed by atoms with Gasteiger partial charge in [0.25, 0.3) is 0 Å². The predicted octanol–water partition coefficient (Wildman–Crippen LogP) is 4.43. The van der Waals surface area contributed by atoms with Crippen molar-refractivity contribution in [1.82, 2.24) is 0 Å². The minimum absolute atomic E-state index is 0.111. The van der Waals surface area contributed by atoms with Gasteiger partial charge in [0.15, 0.2) is 0 Å². The van der Waals surface area contributed by atoms with Crippen LogP contribution in [0.3, 0.4) is 0 Å². The summed E-state index contributed by atoms with van der Waals surface area (Å²) in [6.07, 6.45) is 0. The molecule has 4 nitrogen and oxygen atoms in total. The maximum atomic E-state index is 14.5. The Kier molecular flexibility index (Phi) is 6.11. The smallest absolute Gasteiger partial charge is 0.385 e. The molecule has 0 aliphatic rings. The van der Waals surface area contributed by atoms with Crippen molar-refractivity contribution >= 4 is 13.3 Å². The molecule has 1 aromatic rings. The highest BCUT2D eigenvalue weighted by Gasteiger charge is 2.54. The Hall–Kier alpha value is -0.970. The van der Waals surface area contributed by atoms with E-state index in [1.54, 1.807) is 6.07 Å². The van der Waals surface area contributed by atoms with Gasteiger partial charge >= 0.3 is 13.3 Å². The normalized spacial score (nSPS) is 12.4. The van der Waals surface area contributed by atoms with Crippen molar-refractivity contribution in [3.05, 3.63) is 29.8 Å². The van der Waals surface area contributed by atoms with E-state index in [1.165, 1.54) is 32.0 Å². The second-order valence-electron chi connectivity index (χ2n) is 3.99. The first-order valence-electron chi connectivity index (χ1n) is 6.52. The molecular weight excluding hydrogens is 287 g/mol. The van der Waals surface area contributed by atoms with Crippen LogP contribution in [0.15, 0.2) is 24.3 Å². The molecule has 0 atom stereocenters. The molecular formula is C13H20F2NO3P. The van der Waals surface area contributed by atoms with Crippen molar-refractivity contribution in [2.75, 3.05) is 25.1 Å². The van der Waals surface area contributed by atoms with E-state index in [9.17, 15) is 13.3 Å². The Morgan fingerprint density at radius 1 is 1.20 bits per heavy atom. The van der Waals surface area contributed by atoms with Gasteiger partial charge in [0.1, 0.15) is 0 Å². The third-order valence-corrected chi connectivity index (χ3v) is 4.68. The zero-order valence-corrected chi connectivity index (χ0v) is 12.8. The van der Waals surface area contributed by atoms with E-state index >= 15 is 0 Å². The summed E-state index contributed by atoms with van der Waals surface area (Å²) >= 11 is 0. The third-order valence-electron chi connectivity index (χ3n) is 2.53. The average Bonchev–Trinajstić information content (AvgIpc) is 2.40. The molecule has 0 bridgehead atoms. The Bertz CT molecular complexity index is 472. The summed E-state index contributed by atoms with van der Waals surface area (Å²) < 4.78 is 50.7. The first-order valence-corrected chi connectivity index (χ1v) is 8.07. The molecule has 20 heavy (non-hydrogen) atoms. The highest BCUT2D eigenvalue weighted by Crippen LogP contribution is 2.66. The number of halogens is 2. The predicted molar refractivity (Wildman–Crippen MR) is 75.4 cm³/mol. The molecule has 0 radical (unpaired) electrons. The number of hydrogen-bond donors (Lipinski definition) is 1. The fraction of sp³-hybridized carbons (Fsp3) is 0.538. The highest BCUT2D eigenvalue weighted by atomic mass is 31.2. The van der Waals surface area contributed by atoms with Gasteiger partial charge in [0.05, 0.1) is 13.2 Å². The van der Waals surface area contributed by atoms with Gasteiger partial charge in [-0.2, -0.15) is 8.78 Å². The number of anilines is 1. The van der Waals surface area contributed by atoms with E-state index in [2.05, 4.69) is 5.32 Å². The zero-order chi connectivity index (χ0) is 15.2. The molecule has 0 aliphatic carbocycles. The van der Waals surface area contributed by atoms with Crippen molar-refractivity contribution < 1.29 is 22.4 Å². The van der Waals surface area contributed by atoms with Gasteiger partial charge in [-0.1, -0.05) is 12.1 Å². The molecule has 0 spiro atoms. The first-order chi connectivity index (χ1) is 9.41. The molecule has 7 heteroatoms. The van der Waals surface area contributed by atoms with Crippen molar-refractivity contribution in [3.63, 3.8) is 0 Å². The molecule has 0 unspecified atom stereocenters. The molecule has 1 rings (SSSR count). The van der Waals surface area contributed by atoms with Gasteiger partial charge in [-0.25, -0.2) is 0 Å². The van der Waals surface area contributed by atoms with Gasteiger partial charge in [-0.3, -0.25) is 4.57 Å². The number of rotatable bonds is 8. The molecule has 0 aromatic heterocycles. The summed E-state index contributed by atoms with van der Waals surface area (Å²) in [6.45, 7) is 5.23. The van der Waals surface area contributed by atoms with Crippen molar-refractivity contribution in [1.29, 1.82) is 0 Å². The van der Waals surface area contributed by atoms with E-state index in [1.807, 2.05) is 6.92 Å². The van der Waals surface area contributed by atoms with Crippen LogP contribution in [0.4, 0.5) is 14.5 Å². The summed E-state index contributed by atoms with van der Waals surface area (Å²) in [4.78, 5) is 0. The van der Waals surface area contributed by atoms with Crippen molar-refractivity contribution in [2.45, 2.75) is 26.4 Å². The van der Waals surface area contributed by atoms with Crippen molar-refractivity contribution in [2.24, 2.45) is 0 Å². The highest BCUT2D eigenvalue weighted by molar-refractivity contribution is 7.54. The van der Waals surface area contributed by atoms with Crippen LogP contribution in [0, 0.1) is 0 Å². The van der Waals surface area contributed by atoms with Crippen LogP contribution < -0.4 is 5.32 Å². The summed E-state index contributed by atoms with van der Waals surface area (Å²) in [7, 11) is -4.54. The number of hydrogen-bond acceptors (Lipinski definition) is 4. The number of benzene rings is 1. The van der Waals surface area contributed by atoms with E-state index in [0.29, 0.717) is 12.2 Å². The summed E-state index contributed by atoms with van der Waals surface area (Å²) in [5.74, 6) is 0. The fourth-order valence-corrected chi connectivity index (χ4v) is 3.25. The van der Waals surface area contributed by atoms with Crippen LogP contribution in [0.5, 0.6) is 0 Å². The second kappa shape index (κ2) is 7.16. The van der Waals surface area contributed by atoms with Crippen LogP contribution in [-0.4, -0.2) is 19.8 Å². The van der Waals surface area contributed by atoms with E-state index in [0.717, 1.165) is 0 Å². The SMILES string of the molecule is CCNc1cccc(C(F)(F)P(=O)(OCC)OCC)c1. The van der Waals surface area contributed by atoms with E-state index in [-0.39, 0.29) is 18.8 Å². The molecule has 0 aliphatic heterocycles. The Labute approximate surface area is 118 Å². The van der Waals surface area contributed by atoms with Gasteiger partial charge in [0, 0.05) is 17.8 Å². The van der Waals surface area contributed by atoms with Gasteiger partial charge in [0.2, 0.25) is 0 Å². The molecule has 1 aromatic carbocycles. The lowest BCUT2D eigenvalue weighted by Gasteiger charge is -2.26. The topological polar surface area (TPSA) is 47.6 Å². The number of alkyl halides is 2. The largest absolute Gasteiger partial charge is 0.404 e. The van der Waals surface area contributed by atoms with Gasteiger partial charge in [-0.15, -0.1) is 0 Å². The maximum Gasteiger partial charge on any atom is 0.404 e. The van der Waals surface area contributed by atoms with Crippen molar-refractivity contribution in [3.8, 4) is 0 Å². The van der Waals surface area contributed by atoms with E-state index in [4.69, 9.17) is 9.05 Å². The fourth-order valence-electron chi connectivity index (χ4n) is 1.72. The molecule has 1 N–H and O–H groups in total. The quantitative estimate of drug-likeness (QED) is 0.722. The molecule has 114 valence electrons. The van der Waals surface area contributed by atoms with Gasteiger partial charge in [-0.05, 0) is 32.9 Å². The Morgan fingerprint density at radius 3 is 2.30 bits per heavy atom. The molecule has 0 saturated carbocycles. The monoisotopic (exact) mass is 307 g/mol. The molecule has 0 fully saturated rings. The minimum atomic E-state index is -4.54. The standard InChI is InChI=1S/C13H20F2NO3P/c1-4-16-12-9-7-8-11(10-12)13(14,15)20(17,18-5-2)19-6-3/h7-10,16H,4-6H2,1-3H3. The minimum Gasteiger partial charge on any atom is -0.385 e. The number of nitrogens with one attached hydrogen (secondary N) is 1. The van der Waals surface area contributed by atoms with Crippen LogP contribution in [-0.2, 0) is 19.3 Å². The molecule has 0 heterocycles. The molecule has 0 saturated heterocycles. The van der Waals surface area contributed by atoms with Crippen LogP contribution in [0.2, 0.25) is 0 Å². The van der Waals surface area contributed by atoms with E-state index < -0.39 is 13.3 Å². The lowest BCUT2D eigenvalue weighted by molar-refractivity contribution is 0.0361. The summed E-state index contributed by atoms with van der Waals surface area (Å²) in [6, 6.07) is 5.61. The second-order valence-corrected chi connectivity index (χ2v) is 6.06. The van der Waals surface area contributed by atoms with Crippen LogP contribution in [0.1, 0.15) is 26.3 Å². The lowest BCUT2D eigenvalue weighted by atomic mass is 10.2. The van der Waals surface area contributed by atoms with Crippen LogP contribution in [0.25, 0.3) is 0 Å². The third kappa shape index (κ3) is 3.57. The molecule has 0 amide bonds. The lowest BCUT2D eigenvalue weighted by Crippen LogP contribution is -2.18.